The molecule has 0 saturated heterocycles. The van der Waals surface area contributed by atoms with Crippen molar-refractivity contribution in [3.63, 3.8) is 0 Å². The fourth-order valence-corrected chi connectivity index (χ4v) is 2.35. The summed E-state index contributed by atoms with van der Waals surface area (Å²) in [6, 6.07) is 1.33. The van der Waals surface area contributed by atoms with Gasteiger partial charge in [-0.05, 0) is 37.0 Å². The van der Waals surface area contributed by atoms with Gasteiger partial charge in [-0.3, -0.25) is 4.79 Å². The van der Waals surface area contributed by atoms with E-state index in [0.29, 0.717) is 5.57 Å². The molecule has 1 aliphatic carbocycles. The molecule has 0 radical (unpaired) electrons. The monoisotopic (exact) mass is 265 g/mol. The summed E-state index contributed by atoms with van der Waals surface area (Å²) in [5.41, 5.74) is 1.09. The molecule has 102 valence electrons. The lowest BCUT2D eigenvalue weighted by Crippen LogP contribution is -2.26. The van der Waals surface area contributed by atoms with Crippen LogP contribution < -0.4 is 5.56 Å². The van der Waals surface area contributed by atoms with E-state index in [1.165, 1.54) is 16.8 Å². The summed E-state index contributed by atoms with van der Waals surface area (Å²) in [5, 5.41) is 0. The molecule has 1 aromatic rings. The highest BCUT2D eigenvalue weighted by atomic mass is 19.3. The fourth-order valence-electron chi connectivity index (χ4n) is 2.35. The second-order valence-electron chi connectivity index (χ2n) is 4.99. The molecule has 0 saturated carbocycles. The summed E-state index contributed by atoms with van der Waals surface area (Å²) >= 11 is 0. The molecular formula is C15H17F2NO. The van der Waals surface area contributed by atoms with Crippen LogP contribution in [0.3, 0.4) is 0 Å². The van der Waals surface area contributed by atoms with E-state index in [-0.39, 0.29) is 16.7 Å². The predicted molar refractivity (Wildman–Crippen MR) is 72.2 cm³/mol. The van der Waals surface area contributed by atoms with Gasteiger partial charge in [-0.15, -0.1) is 0 Å². The smallest absolute Gasteiger partial charge is 0.271 e. The van der Waals surface area contributed by atoms with Crippen molar-refractivity contribution in [1.82, 2.24) is 4.57 Å². The minimum atomic E-state index is -3.03. The van der Waals surface area contributed by atoms with Crippen molar-refractivity contribution in [2.75, 3.05) is 0 Å². The highest BCUT2D eigenvalue weighted by molar-refractivity contribution is 5.80. The molecule has 0 aliphatic heterocycles. The number of aromatic nitrogens is 1. The van der Waals surface area contributed by atoms with Gasteiger partial charge in [0.05, 0.1) is 5.56 Å². The van der Waals surface area contributed by atoms with Crippen LogP contribution in [0.1, 0.15) is 37.8 Å². The Balaban J connectivity index is 2.75. The molecule has 2 nitrogen and oxygen atoms in total. The van der Waals surface area contributed by atoms with Gasteiger partial charge in [-0.25, -0.2) is 8.78 Å². The summed E-state index contributed by atoms with van der Waals surface area (Å²) in [6.07, 6.45) is 6.92. The van der Waals surface area contributed by atoms with E-state index in [2.05, 4.69) is 0 Å². The van der Waals surface area contributed by atoms with Gasteiger partial charge >= 0.3 is 0 Å². The normalized spacial score (nSPS) is 16.1. The number of hydrogen-bond acceptors (Lipinski definition) is 1. The van der Waals surface area contributed by atoms with Crippen molar-refractivity contribution in [2.45, 2.75) is 32.6 Å². The number of rotatable bonds is 2. The van der Waals surface area contributed by atoms with Crippen molar-refractivity contribution < 1.29 is 8.78 Å². The molecule has 0 spiro atoms. The molecule has 1 aliphatic rings. The number of pyridine rings is 1. The maximum Gasteiger partial charge on any atom is 0.271 e. The quantitative estimate of drug-likeness (QED) is 0.800. The number of alkyl halides is 2. The predicted octanol–water partition coefficient (Wildman–Crippen LogP) is 3.62. The Kier molecular flexibility index (Phi) is 3.43. The second kappa shape index (κ2) is 4.76. The molecule has 19 heavy (non-hydrogen) atoms. The second-order valence-corrected chi connectivity index (χ2v) is 4.99. The summed E-state index contributed by atoms with van der Waals surface area (Å²) in [6.45, 7) is 2.68. The zero-order chi connectivity index (χ0) is 14.2. The third-order valence-electron chi connectivity index (χ3n) is 3.40. The third kappa shape index (κ3) is 2.53. The number of hydrogen-bond donors (Lipinski definition) is 0. The van der Waals surface area contributed by atoms with Gasteiger partial charge in [-0.1, -0.05) is 12.2 Å². The Morgan fingerprint density at radius 3 is 2.47 bits per heavy atom. The zero-order valence-corrected chi connectivity index (χ0v) is 11.3. The fraction of sp³-hybridized carbons (Fsp3) is 0.400. The van der Waals surface area contributed by atoms with Crippen molar-refractivity contribution in [1.29, 1.82) is 0 Å². The average Bonchev–Trinajstić information content (AvgIpc) is 2.32. The highest BCUT2D eigenvalue weighted by Crippen LogP contribution is 2.35. The lowest BCUT2D eigenvalue weighted by Gasteiger charge is -2.20. The Hall–Kier alpha value is -1.71. The molecule has 0 fully saturated rings. The maximum absolute atomic E-state index is 13.7. The molecular weight excluding hydrogens is 248 g/mol. The van der Waals surface area contributed by atoms with Gasteiger partial charge in [0.1, 0.15) is 0 Å². The lowest BCUT2D eigenvalue weighted by atomic mass is 9.89. The van der Waals surface area contributed by atoms with E-state index in [9.17, 15) is 13.6 Å². The summed E-state index contributed by atoms with van der Waals surface area (Å²) < 4.78 is 28.8. The van der Waals surface area contributed by atoms with Crippen LogP contribution in [0.4, 0.5) is 8.78 Å². The third-order valence-corrected chi connectivity index (χ3v) is 3.40. The Labute approximate surface area is 111 Å². The number of allylic oxidation sites excluding steroid dienone is 4. The van der Waals surface area contributed by atoms with Crippen LogP contribution in [0.25, 0.3) is 5.57 Å². The molecule has 4 heteroatoms. The van der Waals surface area contributed by atoms with Crippen LogP contribution in [0.15, 0.2) is 34.8 Å². The number of aryl methyl sites for hydroxylation is 1. The Morgan fingerprint density at radius 1 is 1.26 bits per heavy atom. The van der Waals surface area contributed by atoms with Crippen LogP contribution in [-0.2, 0) is 13.0 Å². The molecule has 0 bridgehead atoms. The van der Waals surface area contributed by atoms with E-state index in [4.69, 9.17) is 0 Å². The lowest BCUT2D eigenvalue weighted by molar-refractivity contribution is 0.0169. The Bertz CT molecular complexity index is 618. The average molecular weight is 265 g/mol. The first-order valence-electron chi connectivity index (χ1n) is 6.28. The van der Waals surface area contributed by atoms with Gasteiger partial charge in [0, 0.05) is 25.7 Å². The van der Waals surface area contributed by atoms with Crippen LogP contribution >= 0.6 is 0 Å². The maximum atomic E-state index is 13.7. The van der Waals surface area contributed by atoms with Gasteiger partial charge in [0.2, 0.25) is 0 Å². The largest absolute Gasteiger partial charge is 0.318 e. The van der Waals surface area contributed by atoms with Crippen LogP contribution in [0.2, 0.25) is 0 Å². The number of halogens is 2. The zero-order valence-electron chi connectivity index (χ0n) is 11.3. The molecule has 1 aromatic heterocycles. The first-order chi connectivity index (χ1) is 8.82. The van der Waals surface area contributed by atoms with Gasteiger partial charge in [-0.2, -0.15) is 0 Å². The van der Waals surface area contributed by atoms with E-state index < -0.39 is 5.92 Å². The minimum Gasteiger partial charge on any atom is -0.318 e. The van der Waals surface area contributed by atoms with Crippen molar-refractivity contribution in [3.05, 3.63) is 51.5 Å². The molecule has 0 unspecified atom stereocenters. The van der Waals surface area contributed by atoms with E-state index in [1.54, 1.807) is 7.05 Å². The van der Waals surface area contributed by atoms with E-state index in [1.807, 2.05) is 19.1 Å². The van der Waals surface area contributed by atoms with Crippen LogP contribution in [0, 0.1) is 0 Å². The molecule has 0 aromatic carbocycles. The summed E-state index contributed by atoms with van der Waals surface area (Å²) in [7, 11) is 1.58. The summed E-state index contributed by atoms with van der Waals surface area (Å²) in [5.74, 6) is -3.03. The van der Waals surface area contributed by atoms with E-state index in [0.717, 1.165) is 25.3 Å². The SMILES string of the molecule is CC1=CCCC=C1c1c(C(C)(F)F)ccn(C)c1=O. The van der Waals surface area contributed by atoms with Crippen molar-refractivity contribution >= 4 is 5.57 Å². The summed E-state index contributed by atoms with van der Waals surface area (Å²) in [4.78, 5) is 12.2. The van der Waals surface area contributed by atoms with Crippen LogP contribution in [0.5, 0.6) is 0 Å². The minimum absolute atomic E-state index is 0.131. The molecule has 0 N–H and O–H groups in total. The topological polar surface area (TPSA) is 22.0 Å². The van der Waals surface area contributed by atoms with E-state index >= 15 is 0 Å². The standard InChI is InChI=1S/C15H17F2NO/c1-10-6-4-5-7-11(10)13-12(15(2,16)17)8-9-18(3)14(13)19/h6-9H,4-5H2,1-3H3. The van der Waals surface area contributed by atoms with Crippen LogP contribution in [-0.4, -0.2) is 4.57 Å². The van der Waals surface area contributed by atoms with Crippen molar-refractivity contribution in [3.8, 4) is 0 Å². The molecule has 1 heterocycles. The van der Waals surface area contributed by atoms with Gasteiger partial charge in [0.15, 0.2) is 0 Å². The Morgan fingerprint density at radius 2 is 1.89 bits per heavy atom. The highest BCUT2D eigenvalue weighted by Gasteiger charge is 2.31. The molecule has 0 atom stereocenters. The molecule has 2 rings (SSSR count). The number of nitrogens with zero attached hydrogens (tertiary/aromatic N) is 1. The first kappa shape index (κ1) is 13.7. The van der Waals surface area contributed by atoms with Gasteiger partial charge in [0.25, 0.3) is 11.5 Å². The van der Waals surface area contributed by atoms with Crippen molar-refractivity contribution in [2.24, 2.45) is 7.05 Å². The molecule has 0 amide bonds. The van der Waals surface area contributed by atoms with Gasteiger partial charge < -0.3 is 4.57 Å². The first-order valence-corrected chi connectivity index (χ1v) is 6.28.